The third-order valence-electron chi connectivity index (χ3n) is 3.49. The van der Waals surface area contributed by atoms with E-state index in [0.717, 1.165) is 32.1 Å². The van der Waals surface area contributed by atoms with E-state index in [4.69, 9.17) is 10.2 Å². The molecule has 0 fully saturated rings. The van der Waals surface area contributed by atoms with E-state index in [-0.39, 0.29) is 0 Å². The monoisotopic (exact) mass is 296 g/mol. The summed E-state index contributed by atoms with van der Waals surface area (Å²) >= 11 is 0. The van der Waals surface area contributed by atoms with E-state index in [9.17, 15) is 4.79 Å². The Morgan fingerprint density at radius 3 is 1.95 bits per heavy atom. The number of aliphatic hydroxyl groups excluding tert-OH is 1. The Morgan fingerprint density at radius 1 is 0.905 bits per heavy atom. The molecule has 1 atom stereocenters. The Morgan fingerprint density at radius 2 is 1.43 bits per heavy atom. The minimum absolute atomic E-state index is 0.367. The van der Waals surface area contributed by atoms with Gasteiger partial charge in [0.1, 0.15) is 0 Å². The van der Waals surface area contributed by atoms with Crippen molar-refractivity contribution < 1.29 is 15.0 Å². The zero-order chi connectivity index (χ0) is 15.8. The highest BCUT2D eigenvalue weighted by molar-refractivity contribution is 5.71. The van der Waals surface area contributed by atoms with Gasteiger partial charge in [-0.25, -0.2) is 4.79 Å². The third kappa shape index (κ3) is 15.1. The molecule has 0 saturated heterocycles. The number of rotatable bonds is 14. The van der Waals surface area contributed by atoms with Crippen LogP contribution in [0, 0.1) is 0 Å². The SMILES string of the molecule is CCCCCC/C=C/C=C\CCCCCCC(O)C(=O)O. The van der Waals surface area contributed by atoms with Crippen molar-refractivity contribution in [3.05, 3.63) is 24.3 Å². The molecule has 0 aromatic carbocycles. The molecule has 0 aliphatic rings. The van der Waals surface area contributed by atoms with Crippen LogP contribution in [-0.2, 0) is 4.79 Å². The number of carboxylic acids is 1. The molecular formula is C18H32O3. The number of carboxylic acid groups (broad SMARTS) is 1. The first-order valence-electron chi connectivity index (χ1n) is 8.41. The Bertz CT molecular complexity index is 295. The number of hydrogen-bond acceptors (Lipinski definition) is 2. The summed E-state index contributed by atoms with van der Waals surface area (Å²) in [6.07, 6.45) is 19.4. The van der Waals surface area contributed by atoms with Gasteiger partial charge in [0, 0.05) is 0 Å². The van der Waals surface area contributed by atoms with Crippen LogP contribution < -0.4 is 0 Å². The summed E-state index contributed by atoms with van der Waals surface area (Å²) in [6, 6.07) is 0. The van der Waals surface area contributed by atoms with Crippen LogP contribution in [0.5, 0.6) is 0 Å². The summed E-state index contributed by atoms with van der Waals surface area (Å²) in [4.78, 5) is 10.4. The molecule has 2 N–H and O–H groups in total. The molecule has 21 heavy (non-hydrogen) atoms. The van der Waals surface area contributed by atoms with Gasteiger partial charge in [-0.05, 0) is 32.1 Å². The highest BCUT2D eigenvalue weighted by Crippen LogP contribution is 2.08. The van der Waals surface area contributed by atoms with E-state index in [0.29, 0.717) is 6.42 Å². The lowest BCUT2D eigenvalue weighted by Gasteiger charge is -2.04. The van der Waals surface area contributed by atoms with Gasteiger partial charge >= 0.3 is 5.97 Å². The number of unbranched alkanes of at least 4 members (excludes halogenated alkanes) is 8. The second kappa shape index (κ2) is 15.3. The predicted octanol–water partition coefficient (Wildman–Crippen LogP) is 4.86. The van der Waals surface area contributed by atoms with Gasteiger partial charge in [-0.2, -0.15) is 0 Å². The molecule has 0 rings (SSSR count). The summed E-state index contributed by atoms with van der Waals surface area (Å²) in [5.74, 6) is -1.11. The first-order valence-corrected chi connectivity index (χ1v) is 8.41. The van der Waals surface area contributed by atoms with E-state index >= 15 is 0 Å². The van der Waals surface area contributed by atoms with Crippen molar-refractivity contribution in [3.8, 4) is 0 Å². The average Bonchev–Trinajstić information content (AvgIpc) is 2.47. The van der Waals surface area contributed by atoms with Gasteiger partial charge in [0.25, 0.3) is 0 Å². The molecule has 122 valence electrons. The van der Waals surface area contributed by atoms with E-state index in [1.54, 1.807) is 0 Å². The number of aliphatic carboxylic acids is 1. The van der Waals surface area contributed by atoms with Crippen molar-refractivity contribution in [2.45, 2.75) is 83.7 Å². The van der Waals surface area contributed by atoms with Gasteiger partial charge in [-0.15, -0.1) is 0 Å². The van der Waals surface area contributed by atoms with Crippen LogP contribution in [0.2, 0.25) is 0 Å². The maximum atomic E-state index is 10.4. The molecule has 0 aromatic heterocycles. The Balaban J connectivity index is 3.29. The Labute approximate surface area is 129 Å². The van der Waals surface area contributed by atoms with Crippen LogP contribution in [0.25, 0.3) is 0 Å². The van der Waals surface area contributed by atoms with Crippen LogP contribution in [0.3, 0.4) is 0 Å². The Hall–Kier alpha value is -1.09. The minimum atomic E-state index is -1.19. The zero-order valence-electron chi connectivity index (χ0n) is 13.5. The van der Waals surface area contributed by atoms with Crippen molar-refractivity contribution in [2.24, 2.45) is 0 Å². The molecule has 0 amide bonds. The molecule has 0 spiro atoms. The normalized spacial score (nSPS) is 13.2. The first-order chi connectivity index (χ1) is 10.2. The number of aliphatic hydroxyl groups is 1. The molecule has 3 heteroatoms. The topological polar surface area (TPSA) is 57.5 Å². The zero-order valence-corrected chi connectivity index (χ0v) is 13.5. The predicted molar refractivity (Wildman–Crippen MR) is 88.4 cm³/mol. The third-order valence-corrected chi connectivity index (χ3v) is 3.49. The van der Waals surface area contributed by atoms with Crippen LogP contribution in [0.15, 0.2) is 24.3 Å². The van der Waals surface area contributed by atoms with Crippen molar-refractivity contribution in [2.75, 3.05) is 0 Å². The molecule has 3 nitrogen and oxygen atoms in total. The lowest BCUT2D eigenvalue weighted by Crippen LogP contribution is -2.18. The molecule has 0 aliphatic carbocycles. The fourth-order valence-electron chi connectivity index (χ4n) is 2.12. The molecule has 0 radical (unpaired) electrons. The lowest BCUT2D eigenvalue weighted by molar-refractivity contribution is -0.146. The maximum absolute atomic E-state index is 10.4. The molecule has 0 saturated carbocycles. The van der Waals surface area contributed by atoms with E-state index in [1.807, 2.05) is 0 Å². The van der Waals surface area contributed by atoms with Crippen LogP contribution in [0.1, 0.15) is 77.6 Å². The van der Waals surface area contributed by atoms with E-state index < -0.39 is 12.1 Å². The number of hydrogen-bond donors (Lipinski definition) is 2. The number of carbonyl (C=O) groups is 1. The average molecular weight is 296 g/mol. The summed E-state index contributed by atoms with van der Waals surface area (Å²) in [7, 11) is 0. The molecule has 0 bridgehead atoms. The lowest BCUT2D eigenvalue weighted by atomic mass is 10.1. The molecule has 0 aliphatic heterocycles. The smallest absolute Gasteiger partial charge is 0.332 e. The van der Waals surface area contributed by atoms with E-state index in [1.165, 1.54) is 32.1 Å². The minimum Gasteiger partial charge on any atom is -0.479 e. The van der Waals surface area contributed by atoms with Crippen molar-refractivity contribution in [3.63, 3.8) is 0 Å². The second-order valence-electron chi connectivity index (χ2n) is 5.55. The quantitative estimate of drug-likeness (QED) is 0.355. The van der Waals surface area contributed by atoms with Gasteiger partial charge in [-0.3, -0.25) is 0 Å². The van der Waals surface area contributed by atoms with Crippen molar-refractivity contribution in [1.82, 2.24) is 0 Å². The standard InChI is InChI=1S/C18H32O3/c1-2-3-4-5-6-7-8-9-10-11-12-13-14-15-16-17(19)18(20)21/h7-10,17,19H,2-6,11-16H2,1H3,(H,20,21)/b8-7+,10-9-. The van der Waals surface area contributed by atoms with Gasteiger partial charge in [-0.1, -0.05) is 69.8 Å². The van der Waals surface area contributed by atoms with Crippen molar-refractivity contribution in [1.29, 1.82) is 0 Å². The van der Waals surface area contributed by atoms with E-state index in [2.05, 4.69) is 31.2 Å². The molecular weight excluding hydrogens is 264 g/mol. The van der Waals surface area contributed by atoms with Gasteiger partial charge < -0.3 is 10.2 Å². The van der Waals surface area contributed by atoms with Crippen molar-refractivity contribution >= 4 is 5.97 Å². The second-order valence-corrected chi connectivity index (χ2v) is 5.55. The number of allylic oxidation sites excluding steroid dienone is 4. The summed E-state index contributed by atoms with van der Waals surface area (Å²) in [5.41, 5.74) is 0. The highest BCUT2D eigenvalue weighted by Gasteiger charge is 2.11. The largest absolute Gasteiger partial charge is 0.479 e. The van der Waals surface area contributed by atoms with Gasteiger partial charge in [0.15, 0.2) is 6.10 Å². The van der Waals surface area contributed by atoms with Crippen LogP contribution in [-0.4, -0.2) is 22.3 Å². The van der Waals surface area contributed by atoms with Gasteiger partial charge in [0.2, 0.25) is 0 Å². The summed E-state index contributed by atoms with van der Waals surface area (Å²) in [5, 5.41) is 17.6. The molecule has 0 aromatic rings. The fourth-order valence-corrected chi connectivity index (χ4v) is 2.12. The summed E-state index contributed by atoms with van der Waals surface area (Å²) < 4.78 is 0. The highest BCUT2D eigenvalue weighted by atomic mass is 16.4. The molecule has 1 unspecified atom stereocenters. The van der Waals surface area contributed by atoms with Gasteiger partial charge in [0.05, 0.1) is 0 Å². The Kier molecular flexibility index (Phi) is 14.5. The fraction of sp³-hybridized carbons (Fsp3) is 0.722. The summed E-state index contributed by atoms with van der Waals surface area (Å²) in [6.45, 7) is 2.23. The first kappa shape index (κ1) is 19.9. The van der Waals surface area contributed by atoms with Crippen LogP contribution in [0.4, 0.5) is 0 Å². The maximum Gasteiger partial charge on any atom is 0.332 e. The molecule has 0 heterocycles. The van der Waals surface area contributed by atoms with Crippen LogP contribution >= 0.6 is 0 Å².